The number of guanidine groups is 1. The number of nitrogens with one attached hydrogen (secondary N) is 2. The third-order valence-corrected chi connectivity index (χ3v) is 3.71. The number of ether oxygens (including phenoxy) is 1. The molecule has 0 bridgehead atoms. The van der Waals surface area contributed by atoms with Crippen LogP contribution in [0.4, 0.5) is 0 Å². The smallest absolute Gasteiger partial charge is 0.216 e. The highest BCUT2D eigenvalue weighted by Gasteiger charge is 2.24. The van der Waals surface area contributed by atoms with Crippen molar-refractivity contribution < 1.29 is 9.15 Å². The van der Waals surface area contributed by atoms with E-state index in [2.05, 4.69) is 62.2 Å². The van der Waals surface area contributed by atoms with Gasteiger partial charge >= 0.3 is 0 Å². The van der Waals surface area contributed by atoms with Crippen molar-refractivity contribution in [3.05, 3.63) is 17.8 Å². The Morgan fingerprint density at radius 2 is 1.88 bits per heavy atom. The zero-order valence-electron chi connectivity index (χ0n) is 16.9. The molecule has 0 radical (unpaired) electrons. The van der Waals surface area contributed by atoms with Crippen LogP contribution >= 0.6 is 24.0 Å². The number of oxazole rings is 1. The van der Waals surface area contributed by atoms with Crippen molar-refractivity contribution in [2.75, 3.05) is 20.2 Å². The van der Waals surface area contributed by atoms with Crippen molar-refractivity contribution in [3.8, 4) is 0 Å². The predicted octanol–water partition coefficient (Wildman–Crippen LogP) is 3.71. The Bertz CT molecular complexity index is 530. The molecule has 1 aromatic rings. The standard InChI is InChI=1S/C18H34N4O2.HI/c1-9-19-16(21-10-13(23-8)17(2,3)4)22-12-15-20-11-14(24-15)18(5,6)7;/h11,13H,9-10,12H2,1-8H3,(H2,19,21,22);1H. The molecular formula is C18H35IN4O2. The van der Waals surface area contributed by atoms with Crippen LogP contribution in [-0.4, -0.2) is 37.2 Å². The van der Waals surface area contributed by atoms with Gasteiger partial charge in [-0.2, -0.15) is 0 Å². The summed E-state index contributed by atoms with van der Waals surface area (Å²) >= 11 is 0. The molecule has 2 N–H and O–H groups in total. The van der Waals surface area contributed by atoms with Gasteiger partial charge in [-0.1, -0.05) is 41.5 Å². The van der Waals surface area contributed by atoms with Crippen LogP contribution in [0, 0.1) is 5.41 Å². The average molecular weight is 466 g/mol. The molecule has 0 spiro atoms. The molecule has 0 aliphatic heterocycles. The van der Waals surface area contributed by atoms with E-state index >= 15 is 0 Å². The van der Waals surface area contributed by atoms with Crippen molar-refractivity contribution in [1.82, 2.24) is 15.6 Å². The Kier molecular flexibility index (Phi) is 10.0. The average Bonchev–Trinajstić information content (AvgIpc) is 2.92. The summed E-state index contributed by atoms with van der Waals surface area (Å²) in [4.78, 5) is 8.86. The van der Waals surface area contributed by atoms with Crippen LogP contribution in [0.3, 0.4) is 0 Å². The Morgan fingerprint density at radius 1 is 1.24 bits per heavy atom. The molecular weight excluding hydrogens is 431 g/mol. The van der Waals surface area contributed by atoms with Crippen LogP contribution in [-0.2, 0) is 16.7 Å². The molecule has 25 heavy (non-hydrogen) atoms. The van der Waals surface area contributed by atoms with Crippen LogP contribution in [0.1, 0.15) is 60.1 Å². The molecule has 1 aromatic heterocycles. The van der Waals surface area contributed by atoms with E-state index in [1.165, 1.54) is 0 Å². The molecule has 6 nitrogen and oxygen atoms in total. The molecule has 0 saturated heterocycles. The van der Waals surface area contributed by atoms with Gasteiger partial charge in [0, 0.05) is 25.6 Å². The number of aliphatic imine (C=N–C) groups is 1. The lowest BCUT2D eigenvalue weighted by Gasteiger charge is -2.30. The highest BCUT2D eigenvalue weighted by atomic mass is 127. The fraction of sp³-hybridized carbons (Fsp3) is 0.778. The molecule has 1 rings (SSSR count). The first kappa shape index (κ1) is 24.2. The van der Waals surface area contributed by atoms with Crippen molar-refractivity contribution in [2.45, 2.75) is 66.5 Å². The molecule has 0 aliphatic carbocycles. The molecule has 0 amide bonds. The van der Waals surface area contributed by atoms with E-state index in [-0.39, 0.29) is 40.9 Å². The van der Waals surface area contributed by atoms with Gasteiger partial charge in [0.05, 0.1) is 12.3 Å². The number of rotatable bonds is 6. The number of hydrogen-bond acceptors (Lipinski definition) is 4. The number of nitrogens with zero attached hydrogens (tertiary/aromatic N) is 2. The minimum absolute atomic E-state index is 0. The lowest BCUT2D eigenvalue weighted by molar-refractivity contribution is 0.0205. The van der Waals surface area contributed by atoms with Gasteiger partial charge in [-0.05, 0) is 12.3 Å². The Balaban J connectivity index is 0.00000576. The molecule has 1 atom stereocenters. The third kappa shape index (κ3) is 8.40. The maximum absolute atomic E-state index is 5.78. The summed E-state index contributed by atoms with van der Waals surface area (Å²) in [7, 11) is 1.74. The number of hydrogen-bond donors (Lipinski definition) is 2. The normalized spacial score (nSPS) is 14.0. The zero-order chi connectivity index (χ0) is 18.4. The molecule has 0 aromatic carbocycles. The topological polar surface area (TPSA) is 71.7 Å². The van der Waals surface area contributed by atoms with Crippen LogP contribution in [0.25, 0.3) is 0 Å². The summed E-state index contributed by atoms with van der Waals surface area (Å²) in [5.74, 6) is 2.23. The van der Waals surface area contributed by atoms with E-state index in [9.17, 15) is 0 Å². The molecule has 0 saturated carbocycles. The second-order valence-corrected chi connectivity index (χ2v) is 8.03. The highest BCUT2D eigenvalue weighted by molar-refractivity contribution is 14.0. The first-order chi connectivity index (χ1) is 11.1. The lowest BCUT2D eigenvalue weighted by Crippen LogP contribution is -2.45. The van der Waals surface area contributed by atoms with Gasteiger partial charge < -0.3 is 19.8 Å². The first-order valence-electron chi connectivity index (χ1n) is 8.58. The molecule has 1 unspecified atom stereocenters. The van der Waals surface area contributed by atoms with Gasteiger partial charge in [0.2, 0.25) is 5.89 Å². The largest absolute Gasteiger partial charge is 0.443 e. The molecule has 0 fully saturated rings. The summed E-state index contributed by atoms with van der Waals surface area (Å²) in [5.41, 5.74) is 0.0133. The van der Waals surface area contributed by atoms with Gasteiger partial charge in [0.15, 0.2) is 5.96 Å². The van der Waals surface area contributed by atoms with Gasteiger partial charge in [0.1, 0.15) is 12.3 Å². The van der Waals surface area contributed by atoms with Crippen molar-refractivity contribution in [2.24, 2.45) is 10.4 Å². The maximum Gasteiger partial charge on any atom is 0.216 e. The number of methoxy groups -OCH3 is 1. The van der Waals surface area contributed by atoms with Crippen LogP contribution < -0.4 is 10.6 Å². The fourth-order valence-corrected chi connectivity index (χ4v) is 2.15. The van der Waals surface area contributed by atoms with Gasteiger partial charge in [-0.25, -0.2) is 9.98 Å². The van der Waals surface area contributed by atoms with Gasteiger partial charge in [-0.15, -0.1) is 24.0 Å². The summed E-state index contributed by atoms with van der Waals surface area (Å²) in [5, 5.41) is 6.56. The quantitative estimate of drug-likeness (QED) is 0.380. The SMILES string of the molecule is CCNC(=NCc1ncc(C(C)(C)C)o1)NCC(OC)C(C)(C)C.I. The van der Waals surface area contributed by atoms with Crippen molar-refractivity contribution in [3.63, 3.8) is 0 Å². The summed E-state index contributed by atoms with van der Waals surface area (Å²) in [6.45, 7) is 16.7. The van der Waals surface area contributed by atoms with Crippen LogP contribution in [0.5, 0.6) is 0 Å². The minimum Gasteiger partial charge on any atom is -0.443 e. The highest BCUT2D eigenvalue weighted by Crippen LogP contribution is 2.23. The van der Waals surface area contributed by atoms with E-state index in [4.69, 9.17) is 9.15 Å². The summed E-state index contributed by atoms with van der Waals surface area (Å²) in [6.07, 6.45) is 1.88. The summed E-state index contributed by atoms with van der Waals surface area (Å²) in [6, 6.07) is 0. The van der Waals surface area contributed by atoms with E-state index in [1.807, 2.05) is 6.92 Å². The monoisotopic (exact) mass is 466 g/mol. The minimum atomic E-state index is -0.0455. The summed E-state index contributed by atoms with van der Waals surface area (Å²) < 4.78 is 11.3. The predicted molar refractivity (Wildman–Crippen MR) is 114 cm³/mol. The molecule has 1 heterocycles. The van der Waals surface area contributed by atoms with Crippen molar-refractivity contribution >= 4 is 29.9 Å². The lowest BCUT2D eigenvalue weighted by atomic mass is 9.89. The van der Waals surface area contributed by atoms with Gasteiger partial charge in [0.25, 0.3) is 0 Å². The van der Waals surface area contributed by atoms with Crippen LogP contribution in [0.2, 0.25) is 0 Å². The van der Waals surface area contributed by atoms with Gasteiger partial charge in [-0.3, -0.25) is 0 Å². The molecule has 0 aliphatic rings. The Hall–Kier alpha value is -0.830. The van der Waals surface area contributed by atoms with E-state index < -0.39 is 0 Å². The van der Waals surface area contributed by atoms with E-state index in [0.717, 1.165) is 18.3 Å². The third-order valence-electron chi connectivity index (χ3n) is 3.71. The Morgan fingerprint density at radius 3 is 2.32 bits per heavy atom. The van der Waals surface area contributed by atoms with E-state index in [1.54, 1.807) is 13.3 Å². The maximum atomic E-state index is 5.78. The number of aromatic nitrogens is 1. The Labute approximate surface area is 169 Å². The van der Waals surface area contributed by atoms with E-state index in [0.29, 0.717) is 19.0 Å². The second-order valence-electron chi connectivity index (χ2n) is 8.03. The zero-order valence-corrected chi connectivity index (χ0v) is 19.2. The van der Waals surface area contributed by atoms with Crippen molar-refractivity contribution in [1.29, 1.82) is 0 Å². The van der Waals surface area contributed by atoms with Crippen LogP contribution in [0.15, 0.2) is 15.6 Å². The number of halogens is 1. The first-order valence-corrected chi connectivity index (χ1v) is 8.58. The second kappa shape index (κ2) is 10.4. The fourth-order valence-electron chi connectivity index (χ4n) is 2.15. The molecule has 7 heteroatoms. The molecule has 146 valence electrons.